The SMILES string of the molecule is CCOC(=O)CCCNC(=O)c1ccc(O)c(O)c1. The molecular weight excluding hydrogens is 250 g/mol. The summed E-state index contributed by atoms with van der Waals surface area (Å²) in [7, 11) is 0. The first-order valence-electron chi connectivity index (χ1n) is 6.00. The van der Waals surface area contributed by atoms with Gasteiger partial charge in [-0.15, -0.1) is 0 Å². The van der Waals surface area contributed by atoms with Crippen LogP contribution in [0.3, 0.4) is 0 Å². The van der Waals surface area contributed by atoms with E-state index in [1.54, 1.807) is 6.92 Å². The molecule has 0 aliphatic carbocycles. The molecule has 0 aromatic heterocycles. The Labute approximate surface area is 111 Å². The third-order valence-corrected chi connectivity index (χ3v) is 2.39. The fourth-order valence-corrected chi connectivity index (χ4v) is 1.43. The maximum absolute atomic E-state index is 11.7. The van der Waals surface area contributed by atoms with Crippen molar-refractivity contribution < 1.29 is 24.5 Å². The number of carbonyl (C=O) groups is 2. The second-order valence-electron chi connectivity index (χ2n) is 3.87. The molecular formula is C13H17NO5. The first kappa shape index (κ1) is 14.8. The average Bonchev–Trinajstić information content (AvgIpc) is 2.38. The first-order valence-corrected chi connectivity index (χ1v) is 6.00. The van der Waals surface area contributed by atoms with Crippen LogP contribution in [0, 0.1) is 0 Å². The minimum Gasteiger partial charge on any atom is -0.504 e. The van der Waals surface area contributed by atoms with E-state index in [4.69, 9.17) is 9.84 Å². The Morgan fingerprint density at radius 1 is 1.26 bits per heavy atom. The van der Waals surface area contributed by atoms with Crippen LogP contribution in [0.15, 0.2) is 18.2 Å². The van der Waals surface area contributed by atoms with Gasteiger partial charge in [0.15, 0.2) is 11.5 Å². The Hall–Kier alpha value is -2.24. The van der Waals surface area contributed by atoms with Crippen molar-refractivity contribution in [1.82, 2.24) is 5.32 Å². The van der Waals surface area contributed by atoms with Gasteiger partial charge in [0.2, 0.25) is 0 Å². The number of rotatable bonds is 6. The summed E-state index contributed by atoms with van der Waals surface area (Å²) in [6, 6.07) is 3.81. The molecule has 0 atom stereocenters. The Balaban J connectivity index is 2.35. The summed E-state index contributed by atoms with van der Waals surface area (Å²) in [6.07, 6.45) is 0.726. The third kappa shape index (κ3) is 4.87. The number of amides is 1. The number of benzene rings is 1. The van der Waals surface area contributed by atoms with Gasteiger partial charge in [-0.05, 0) is 31.5 Å². The standard InChI is InChI=1S/C13H17NO5/c1-2-19-12(17)4-3-7-14-13(18)9-5-6-10(15)11(16)8-9/h5-6,8,15-16H,2-4,7H2,1H3,(H,14,18). The van der Waals surface area contributed by atoms with E-state index in [0.29, 0.717) is 19.6 Å². The number of ether oxygens (including phenoxy) is 1. The van der Waals surface area contributed by atoms with Crippen molar-refractivity contribution in [3.05, 3.63) is 23.8 Å². The molecule has 0 fully saturated rings. The van der Waals surface area contributed by atoms with Crippen molar-refractivity contribution in [3.8, 4) is 11.5 Å². The zero-order valence-electron chi connectivity index (χ0n) is 10.7. The van der Waals surface area contributed by atoms with E-state index >= 15 is 0 Å². The van der Waals surface area contributed by atoms with E-state index in [2.05, 4.69) is 5.32 Å². The van der Waals surface area contributed by atoms with E-state index in [9.17, 15) is 14.7 Å². The van der Waals surface area contributed by atoms with E-state index in [1.807, 2.05) is 0 Å². The van der Waals surface area contributed by atoms with Crippen LogP contribution in [0.25, 0.3) is 0 Å². The fourth-order valence-electron chi connectivity index (χ4n) is 1.43. The molecule has 6 heteroatoms. The van der Waals surface area contributed by atoms with Crippen molar-refractivity contribution >= 4 is 11.9 Å². The minimum absolute atomic E-state index is 0.242. The van der Waals surface area contributed by atoms with Gasteiger partial charge >= 0.3 is 5.97 Å². The van der Waals surface area contributed by atoms with Gasteiger partial charge in [0.1, 0.15) is 0 Å². The maximum atomic E-state index is 11.7. The topological polar surface area (TPSA) is 95.9 Å². The first-order chi connectivity index (χ1) is 9.04. The van der Waals surface area contributed by atoms with Gasteiger partial charge in [-0.2, -0.15) is 0 Å². The van der Waals surface area contributed by atoms with E-state index in [0.717, 1.165) is 0 Å². The molecule has 0 bridgehead atoms. The van der Waals surface area contributed by atoms with Gasteiger partial charge in [-0.1, -0.05) is 0 Å². The van der Waals surface area contributed by atoms with E-state index < -0.39 is 0 Å². The Bertz CT molecular complexity index is 458. The second-order valence-corrected chi connectivity index (χ2v) is 3.87. The summed E-state index contributed by atoms with van der Waals surface area (Å²) < 4.78 is 4.75. The lowest BCUT2D eigenvalue weighted by molar-refractivity contribution is -0.143. The van der Waals surface area contributed by atoms with Crippen molar-refractivity contribution in [2.24, 2.45) is 0 Å². The number of aromatic hydroxyl groups is 2. The van der Waals surface area contributed by atoms with E-state index in [1.165, 1.54) is 18.2 Å². The molecule has 104 valence electrons. The highest BCUT2D eigenvalue weighted by molar-refractivity contribution is 5.94. The molecule has 0 saturated heterocycles. The van der Waals surface area contributed by atoms with Gasteiger partial charge in [0.05, 0.1) is 6.61 Å². The Morgan fingerprint density at radius 2 is 2.00 bits per heavy atom. The molecule has 0 saturated carbocycles. The summed E-state index contributed by atoms with van der Waals surface area (Å²) in [6.45, 7) is 2.41. The van der Waals surface area contributed by atoms with Gasteiger partial charge in [-0.25, -0.2) is 0 Å². The summed E-state index contributed by atoms with van der Waals surface area (Å²) in [5.74, 6) is -1.30. The van der Waals surface area contributed by atoms with Crippen LogP contribution in [0.1, 0.15) is 30.1 Å². The number of carbonyl (C=O) groups excluding carboxylic acids is 2. The molecule has 6 nitrogen and oxygen atoms in total. The zero-order valence-corrected chi connectivity index (χ0v) is 10.7. The minimum atomic E-state index is -0.376. The number of phenolic OH excluding ortho intramolecular Hbond substituents is 2. The van der Waals surface area contributed by atoms with Crippen LogP contribution >= 0.6 is 0 Å². The number of nitrogens with one attached hydrogen (secondary N) is 1. The van der Waals surface area contributed by atoms with Crippen LogP contribution in [0.5, 0.6) is 11.5 Å². The molecule has 0 radical (unpaired) electrons. The second kappa shape index (κ2) is 7.25. The van der Waals surface area contributed by atoms with Gasteiger partial charge in [0, 0.05) is 18.5 Å². The average molecular weight is 267 g/mol. The smallest absolute Gasteiger partial charge is 0.305 e. The largest absolute Gasteiger partial charge is 0.504 e. The Morgan fingerprint density at radius 3 is 2.63 bits per heavy atom. The number of phenols is 2. The summed E-state index contributed by atoms with van der Waals surface area (Å²) in [5.41, 5.74) is 0.242. The molecule has 0 aliphatic heterocycles. The molecule has 0 spiro atoms. The normalized spacial score (nSPS) is 9.95. The zero-order chi connectivity index (χ0) is 14.3. The van der Waals surface area contributed by atoms with Crippen LogP contribution in [0.2, 0.25) is 0 Å². The van der Waals surface area contributed by atoms with Crippen molar-refractivity contribution in [3.63, 3.8) is 0 Å². The highest BCUT2D eigenvalue weighted by Crippen LogP contribution is 2.24. The molecule has 1 aromatic rings. The predicted molar refractivity (Wildman–Crippen MR) is 68.0 cm³/mol. The lowest BCUT2D eigenvalue weighted by Gasteiger charge is -2.06. The summed E-state index contributed by atoms with van der Waals surface area (Å²) >= 11 is 0. The molecule has 0 heterocycles. The molecule has 1 rings (SSSR count). The molecule has 1 amide bonds. The molecule has 0 aliphatic rings. The lowest BCUT2D eigenvalue weighted by atomic mass is 10.2. The van der Waals surface area contributed by atoms with Crippen molar-refractivity contribution in [1.29, 1.82) is 0 Å². The monoisotopic (exact) mass is 267 g/mol. The molecule has 0 unspecified atom stereocenters. The number of hydrogen-bond donors (Lipinski definition) is 3. The predicted octanol–water partition coefficient (Wildman–Crippen LogP) is 1.17. The molecule has 19 heavy (non-hydrogen) atoms. The molecule has 3 N–H and O–H groups in total. The summed E-state index contributed by atoms with van der Waals surface area (Å²) in [5, 5.41) is 21.0. The Kier molecular flexibility index (Phi) is 5.66. The van der Waals surface area contributed by atoms with Crippen molar-refractivity contribution in [2.75, 3.05) is 13.2 Å². The van der Waals surface area contributed by atoms with Crippen LogP contribution in [-0.2, 0) is 9.53 Å². The fraction of sp³-hybridized carbons (Fsp3) is 0.385. The van der Waals surface area contributed by atoms with Gasteiger partial charge in [-0.3, -0.25) is 9.59 Å². The maximum Gasteiger partial charge on any atom is 0.305 e. The number of hydrogen-bond acceptors (Lipinski definition) is 5. The van der Waals surface area contributed by atoms with E-state index in [-0.39, 0.29) is 35.4 Å². The molecule has 1 aromatic carbocycles. The highest BCUT2D eigenvalue weighted by atomic mass is 16.5. The quantitative estimate of drug-likeness (QED) is 0.408. The van der Waals surface area contributed by atoms with Crippen LogP contribution in [-0.4, -0.2) is 35.2 Å². The lowest BCUT2D eigenvalue weighted by Crippen LogP contribution is -2.25. The van der Waals surface area contributed by atoms with Gasteiger partial charge < -0.3 is 20.3 Å². The third-order valence-electron chi connectivity index (χ3n) is 2.39. The summed E-state index contributed by atoms with van der Waals surface area (Å²) in [4.78, 5) is 22.7. The van der Waals surface area contributed by atoms with Crippen molar-refractivity contribution in [2.45, 2.75) is 19.8 Å². The number of esters is 1. The highest BCUT2D eigenvalue weighted by Gasteiger charge is 2.08. The van der Waals surface area contributed by atoms with Crippen LogP contribution in [0.4, 0.5) is 0 Å². The van der Waals surface area contributed by atoms with Crippen LogP contribution < -0.4 is 5.32 Å². The van der Waals surface area contributed by atoms with Gasteiger partial charge in [0.25, 0.3) is 5.91 Å².